The van der Waals surface area contributed by atoms with Crippen LogP contribution in [0.15, 0.2) is 40.7 Å². The molecule has 8 heteroatoms. The lowest BCUT2D eigenvalue weighted by Crippen LogP contribution is -2.35. The second-order valence-corrected chi connectivity index (χ2v) is 5.86. The van der Waals surface area contributed by atoms with E-state index in [-0.39, 0.29) is 18.1 Å². The normalized spacial score (nSPS) is 19.6. The number of hydrogen-bond acceptors (Lipinski definition) is 7. The quantitative estimate of drug-likeness (QED) is 0.453. The summed E-state index contributed by atoms with van der Waals surface area (Å²) in [7, 11) is 0. The minimum absolute atomic E-state index is 0.120. The first-order chi connectivity index (χ1) is 12.3. The summed E-state index contributed by atoms with van der Waals surface area (Å²) in [6.07, 6.45) is 0. The van der Waals surface area contributed by atoms with Gasteiger partial charge in [0.05, 0.1) is 23.1 Å². The van der Waals surface area contributed by atoms with E-state index < -0.39 is 28.7 Å². The SMILES string of the molecule is CCOC(=O)C1C(C)=NC(C)=C(OC(C)=O)C1c1cccc([N+](=O)[O-])c1. The van der Waals surface area contributed by atoms with E-state index in [0.717, 1.165) is 0 Å². The average Bonchev–Trinajstić information content (AvgIpc) is 2.56. The van der Waals surface area contributed by atoms with E-state index in [0.29, 0.717) is 17.0 Å². The van der Waals surface area contributed by atoms with Gasteiger partial charge in [0.25, 0.3) is 5.69 Å². The van der Waals surface area contributed by atoms with Gasteiger partial charge in [-0.05, 0) is 26.3 Å². The van der Waals surface area contributed by atoms with Crippen LogP contribution in [0, 0.1) is 16.0 Å². The number of carbonyl (C=O) groups is 2. The maximum absolute atomic E-state index is 12.5. The number of nitrogens with zero attached hydrogens (tertiary/aromatic N) is 2. The predicted octanol–water partition coefficient (Wildman–Crippen LogP) is 3.13. The van der Waals surface area contributed by atoms with Crippen molar-refractivity contribution in [2.45, 2.75) is 33.6 Å². The van der Waals surface area contributed by atoms with Crippen molar-refractivity contribution in [1.82, 2.24) is 0 Å². The van der Waals surface area contributed by atoms with Gasteiger partial charge in [-0.2, -0.15) is 0 Å². The van der Waals surface area contributed by atoms with Gasteiger partial charge in [0.1, 0.15) is 11.7 Å². The molecule has 0 bridgehead atoms. The van der Waals surface area contributed by atoms with Crippen molar-refractivity contribution in [3.63, 3.8) is 0 Å². The molecule has 0 amide bonds. The molecule has 0 aromatic heterocycles. The van der Waals surface area contributed by atoms with E-state index in [9.17, 15) is 19.7 Å². The van der Waals surface area contributed by atoms with Gasteiger partial charge < -0.3 is 9.47 Å². The Bertz CT molecular complexity index is 812. The van der Waals surface area contributed by atoms with Crippen molar-refractivity contribution in [2.75, 3.05) is 6.61 Å². The van der Waals surface area contributed by atoms with Gasteiger partial charge in [0.15, 0.2) is 0 Å². The Morgan fingerprint density at radius 1 is 1.31 bits per heavy atom. The maximum atomic E-state index is 12.5. The molecule has 1 heterocycles. The summed E-state index contributed by atoms with van der Waals surface area (Å²) in [5.74, 6) is -2.47. The molecule has 1 aliphatic rings. The molecule has 2 atom stereocenters. The van der Waals surface area contributed by atoms with Crippen LogP contribution in [-0.4, -0.2) is 29.2 Å². The number of hydrogen-bond donors (Lipinski definition) is 0. The standard InChI is InChI=1S/C18H20N2O6/c1-5-25-18(22)15-10(2)19-11(3)17(26-12(4)21)16(15)13-7-6-8-14(9-13)20(23)24/h6-9,15-16H,5H2,1-4H3. The van der Waals surface area contributed by atoms with Crippen molar-refractivity contribution in [2.24, 2.45) is 10.9 Å². The molecule has 0 saturated heterocycles. The molecule has 0 saturated carbocycles. The fraction of sp³-hybridized carbons (Fsp3) is 0.389. The lowest BCUT2D eigenvalue weighted by Gasteiger charge is -2.31. The summed E-state index contributed by atoms with van der Waals surface area (Å²) >= 11 is 0. The van der Waals surface area contributed by atoms with E-state index in [1.807, 2.05) is 0 Å². The Morgan fingerprint density at radius 3 is 2.58 bits per heavy atom. The number of esters is 2. The maximum Gasteiger partial charge on any atom is 0.315 e. The highest BCUT2D eigenvalue weighted by Gasteiger charge is 2.41. The van der Waals surface area contributed by atoms with Crippen molar-refractivity contribution >= 4 is 23.3 Å². The number of allylic oxidation sites excluding steroid dienone is 2. The Hall–Kier alpha value is -3.03. The Kier molecular flexibility index (Phi) is 5.86. The molecule has 1 aromatic carbocycles. The van der Waals surface area contributed by atoms with Crippen molar-refractivity contribution in [3.05, 3.63) is 51.4 Å². The number of benzene rings is 1. The molecule has 0 spiro atoms. The molecule has 1 aromatic rings. The van der Waals surface area contributed by atoms with Gasteiger partial charge in [0.2, 0.25) is 0 Å². The van der Waals surface area contributed by atoms with E-state index in [4.69, 9.17) is 9.47 Å². The Morgan fingerprint density at radius 2 is 2.00 bits per heavy atom. The number of nitro groups is 1. The molecule has 1 aliphatic heterocycles. The first-order valence-corrected chi connectivity index (χ1v) is 8.11. The number of rotatable bonds is 5. The summed E-state index contributed by atoms with van der Waals surface area (Å²) < 4.78 is 10.5. The van der Waals surface area contributed by atoms with Gasteiger partial charge >= 0.3 is 11.9 Å². The summed E-state index contributed by atoms with van der Waals surface area (Å²) in [5, 5.41) is 11.1. The molecular weight excluding hydrogens is 340 g/mol. The van der Waals surface area contributed by atoms with Crippen LogP contribution in [0.25, 0.3) is 0 Å². The van der Waals surface area contributed by atoms with Gasteiger partial charge in [-0.15, -0.1) is 0 Å². The lowest BCUT2D eigenvalue weighted by atomic mass is 9.79. The van der Waals surface area contributed by atoms with Crippen LogP contribution in [0.2, 0.25) is 0 Å². The third kappa shape index (κ3) is 3.96. The zero-order chi connectivity index (χ0) is 19.4. The number of carbonyl (C=O) groups excluding carboxylic acids is 2. The monoisotopic (exact) mass is 360 g/mol. The topological polar surface area (TPSA) is 108 Å². The largest absolute Gasteiger partial charge is 0.465 e. The third-order valence-electron chi connectivity index (χ3n) is 4.00. The van der Waals surface area contributed by atoms with Gasteiger partial charge in [-0.3, -0.25) is 24.7 Å². The molecule has 138 valence electrons. The number of ether oxygens (including phenoxy) is 2. The number of nitro benzene ring substituents is 1. The van der Waals surface area contributed by atoms with Crippen molar-refractivity contribution in [1.29, 1.82) is 0 Å². The van der Waals surface area contributed by atoms with Gasteiger partial charge in [0, 0.05) is 24.8 Å². The minimum atomic E-state index is -0.838. The number of aliphatic imine (C=N–C) groups is 1. The molecule has 8 nitrogen and oxygen atoms in total. The number of non-ortho nitro benzene ring substituents is 1. The fourth-order valence-corrected chi connectivity index (χ4v) is 3.01. The highest BCUT2D eigenvalue weighted by Crippen LogP contribution is 2.40. The smallest absolute Gasteiger partial charge is 0.315 e. The molecule has 26 heavy (non-hydrogen) atoms. The van der Waals surface area contributed by atoms with E-state index in [1.165, 1.54) is 25.1 Å². The van der Waals surface area contributed by atoms with Crippen LogP contribution in [0.4, 0.5) is 5.69 Å². The molecule has 2 rings (SSSR count). The van der Waals surface area contributed by atoms with Gasteiger partial charge in [-0.25, -0.2) is 0 Å². The van der Waals surface area contributed by atoms with E-state index >= 15 is 0 Å². The first-order valence-electron chi connectivity index (χ1n) is 8.11. The predicted molar refractivity (Wildman–Crippen MR) is 93.5 cm³/mol. The summed E-state index contributed by atoms with van der Waals surface area (Å²) in [6, 6.07) is 5.90. The first kappa shape index (κ1) is 19.3. The second kappa shape index (κ2) is 7.90. The molecule has 0 radical (unpaired) electrons. The van der Waals surface area contributed by atoms with Crippen molar-refractivity contribution < 1.29 is 24.0 Å². The summed E-state index contributed by atoms with van der Waals surface area (Å²) in [6.45, 7) is 6.45. The highest BCUT2D eigenvalue weighted by atomic mass is 16.6. The molecular formula is C18H20N2O6. The third-order valence-corrected chi connectivity index (χ3v) is 4.00. The zero-order valence-electron chi connectivity index (χ0n) is 15.0. The molecule has 0 aliphatic carbocycles. The Balaban J connectivity index is 2.64. The second-order valence-electron chi connectivity index (χ2n) is 5.86. The zero-order valence-corrected chi connectivity index (χ0v) is 15.0. The van der Waals surface area contributed by atoms with Crippen LogP contribution < -0.4 is 0 Å². The van der Waals surface area contributed by atoms with E-state index in [2.05, 4.69) is 4.99 Å². The van der Waals surface area contributed by atoms with E-state index in [1.54, 1.807) is 26.8 Å². The van der Waals surface area contributed by atoms with Crippen LogP contribution in [0.3, 0.4) is 0 Å². The lowest BCUT2D eigenvalue weighted by molar-refractivity contribution is -0.384. The summed E-state index contributed by atoms with van der Waals surface area (Å²) in [4.78, 5) is 39.0. The van der Waals surface area contributed by atoms with Crippen LogP contribution in [-0.2, 0) is 19.1 Å². The summed E-state index contributed by atoms with van der Waals surface area (Å²) in [5.41, 5.74) is 1.29. The Labute approximate surface area is 150 Å². The minimum Gasteiger partial charge on any atom is -0.465 e. The van der Waals surface area contributed by atoms with Crippen LogP contribution in [0.1, 0.15) is 39.2 Å². The fourth-order valence-electron chi connectivity index (χ4n) is 3.01. The molecule has 0 fully saturated rings. The van der Waals surface area contributed by atoms with Crippen LogP contribution >= 0.6 is 0 Å². The average molecular weight is 360 g/mol. The van der Waals surface area contributed by atoms with Crippen molar-refractivity contribution in [3.8, 4) is 0 Å². The highest BCUT2D eigenvalue weighted by molar-refractivity contribution is 6.03. The van der Waals surface area contributed by atoms with Gasteiger partial charge in [-0.1, -0.05) is 12.1 Å². The molecule has 0 N–H and O–H groups in total. The van der Waals surface area contributed by atoms with Crippen LogP contribution in [0.5, 0.6) is 0 Å². The molecule has 2 unspecified atom stereocenters.